The molecule has 1 aliphatic rings. The summed E-state index contributed by atoms with van der Waals surface area (Å²) in [7, 11) is 0. The number of carbonyl (C=O) groups excluding carboxylic acids is 2. The third-order valence-electron chi connectivity index (χ3n) is 5.37. The van der Waals surface area contributed by atoms with Crippen molar-refractivity contribution in [3.8, 4) is 5.69 Å². The quantitative estimate of drug-likeness (QED) is 0.333. The van der Waals surface area contributed by atoms with Gasteiger partial charge < -0.3 is 14.0 Å². The second-order valence-corrected chi connectivity index (χ2v) is 9.88. The molecule has 3 aromatic rings. The Morgan fingerprint density at radius 2 is 2.06 bits per heavy atom. The maximum absolute atomic E-state index is 12.8. The van der Waals surface area contributed by atoms with Gasteiger partial charge in [0.05, 0.1) is 53.3 Å². The molecule has 10 heteroatoms. The third-order valence-corrected chi connectivity index (χ3v) is 6.17. The summed E-state index contributed by atoms with van der Waals surface area (Å²) in [6.07, 6.45) is 6.29. The molecule has 1 fully saturated rings. The van der Waals surface area contributed by atoms with Crippen LogP contribution in [0.3, 0.4) is 0 Å². The number of esters is 1. The molecule has 0 unspecified atom stereocenters. The van der Waals surface area contributed by atoms with Crippen LogP contribution in [0.25, 0.3) is 16.6 Å². The number of pyridine rings is 1. The van der Waals surface area contributed by atoms with Crippen LogP contribution in [0.1, 0.15) is 40.0 Å². The number of carbonyl (C=O) groups is 2. The molecule has 1 saturated heterocycles. The van der Waals surface area contributed by atoms with E-state index in [2.05, 4.69) is 4.98 Å². The lowest BCUT2D eigenvalue weighted by Gasteiger charge is -2.25. The van der Waals surface area contributed by atoms with E-state index < -0.39 is 5.60 Å². The van der Waals surface area contributed by atoms with Gasteiger partial charge in [-0.3, -0.25) is 14.5 Å². The summed E-state index contributed by atoms with van der Waals surface area (Å²) in [6, 6.07) is 5.19. The molecular formula is C24H26Cl2N4O4. The first kappa shape index (κ1) is 24.4. The van der Waals surface area contributed by atoms with Crippen LogP contribution < -0.4 is 4.90 Å². The minimum absolute atomic E-state index is 0.0534. The Morgan fingerprint density at radius 1 is 1.26 bits per heavy atom. The predicted octanol–water partition coefficient (Wildman–Crippen LogP) is 4.97. The van der Waals surface area contributed by atoms with Crippen molar-refractivity contribution in [1.82, 2.24) is 14.5 Å². The standard InChI is InChI=1S/C24H26Cl2N4O4/c1-24(2,3)34-21(32)8-11-33-13-15-4-7-20(31)30(15)19-12-18(29-10-9-27-14-29)16-5-6-17(25)22(26)23(16)28-19/h5-6,9-10,12,14-15H,4,7-8,11,13H2,1-3H3/t15-/m0/s1. The third kappa shape index (κ3) is 5.35. The van der Waals surface area contributed by atoms with Gasteiger partial charge in [0, 0.05) is 30.3 Å². The van der Waals surface area contributed by atoms with E-state index >= 15 is 0 Å². The normalized spacial score (nSPS) is 16.4. The number of imidazole rings is 1. The van der Waals surface area contributed by atoms with Crippen molar-refractivity contribution in [2.45, 2.75) is 51.7 Å². The molecule has 0 saturated carbocycles. The molecule has 0 bridgehead atoms. The van der Waals surface area contributed by atoms with Crippen LogP contribution in [0.5, 0.6) is 0 Å². The summed E-state index contributed by atoms with van der Waals surface area (Å²) in [4.78, 5) is 35.3. The van der Waals surface area contributed by atoms with Crippen molar-refractivity contribution in [3.63, 3.8) is 0 Å². The second kappa shape index (κ2) is 9.90. The highest BCUT2D eigenvalue weighted by Crippen LogP contribution is 2.36. The van der Waals surface area contributed by atoms with Gasteiger partial charge in [0.1, 0.15) is 11.4 Å². The van der Waals surface area contributed by atoms with Gasteiger partial charge >= 0.3 is 5.97 Å². The van der Waals surface area contributed by atoms with Crippen molar-refractivity contribution in [3.05, 3.63) is 47.0 Å². The maximum atomic E-state index is 12.8. The molecule has 4 rings (SSSR count). The zero-order valence-corrected chi connectivity index (χ0v) is 20.8. The van der Waals surface area contributed by atoms with E-state index in [1.807, 2.05) is 43.7 Å². The van der Waals surface area contributed by atoms with Crippen molar-refractivity contribution < 1.29 is 19.1 Å². The lowest BCUT2D eigenvalue weighted by molar-refractivity contribution is -0.156. The summed E-state index contributed by atoms with van der Waals surface area (Å²) in [5.41, 5.74) is 0.741. The van der Waals surface area contributed by atoms with Crippen LogP contribution in [0, 0.1) is 0 Å². The second-order valence-electron chi connectivity index (χ2n) is 9.09. The fourth-order valence-corrected chi connectivity index (χ4v) is 4.28. The average Bonchev–Trinajstić information content (AvgIpc) is 3.42. The Balaban J connectivity index is 1.57. The van der Waals surface area contributed by atoms with Crippen LogP contribution >= 0.6 is 23.2 Å². The summed E-state index contributed by atoms with van der Waals surface area (Å²) < 4.78 is 12.9. The van der Waals surface area contributed by atoms with E-state index in [1.165, 1.54) is 0 Å². The highest BCUT2D eigenvalue weighted by Gasteiger charge is 2.34. The topological polar surface area (TPSA) is 86.5 Å². The molecule has 2 aromatic heterocycles. The van der Waals surface area contributed by atoms with E-state index in [4.69, 9.17) is 37.7 Å². The van der Waals surface area contributed by atoms with Crippen LogP contribution in [-0.4, -0.2) is 51.3 Å². The smallest absolute Gasteiger partial charge is 0.308 e. The zero-order valence-electron chi connectivity index (χ0n) is 19.3. The molecule has 180 valence electrons. The highest BCUT2D eigenvalue weighted by molar-refractivity contribution is 6.45. The minimum atomic E-state index is -0.537. The van der Waals surface area contributed by atoms with E-state index in [0.29, 0.717) is 34.2 Å². The highest BCUT2D eigenvalue weighted by atomic mass is 35.5. The Hall–Kier alpha value is -2.68. The van der Waals surface area contributed by atoms with E-state index in [0.717, 1.165) is 11.1 Å². The molecule has 1 atom stereocenters. The van der Waals surface area contributed by atoms with Gasteiger partial charge in [0.15, 0.2) is 0 Å². The molecule has 0 aliphatic carbocycles. The number of aromatic nitrogens is 3. The summed E-state index contributed by atoms with van der Waals surface area (Å²) in [5.74, 6) is 0.0884. The van der Waals surface area contributed by atoms with E-state index in [9.17, 15) is 9.59 Å². The fraction of sp³-hybridized carbons (Fsp3) is 0.417. The molecular weight excluding hydrogens is 479 g/mol. The lowest BCUT2D eigenvalue weighted by atomic mass is 10.1. The number of hydrogen-bond acceptors (Lipinski definition) is 6. The number of fused-ring (bicyclic) bond motifs is 1. The van der Waals surface area contributed by atoms with E-state index in [1.54, 1.807) is 23.5 Å². The Kier molecular flexibility index (Phi) is 7.12. The minimum Gasteiger partial charge on any atom is -0.460 e. The number of nitrogens with zero attached hydrogens (tertiary/aromatic N) is 4. The Labute approximate surface area is 207 Å². The van der Waals surface area contributed by atoms with Gasteiger partial charge in [-0.15, -0.1) is 0 Å². The molecule has 1 amide bonds. The first-order valence-electron chi connectivity index (χ1n) is 11.0. The SMILES string of the molecule is CC(C)(C)OC(=O)CCOC[C@@H]1CCC(=O)N1c1cc(-n2ccnc2)c2ccc(Cl)c(Cl)c2n1. The first-order chi connectivity index (χ1) is 16.1. The molecule has 8 nitrogen and oxygen atoms in total. The van der Waals surface area contributed by atoms with Crippen molar-refractivity contribution in [2.75, 3.05) is 18.1 Å². The van der Waals surface area contributed by atoms with Gasteiger partial charge in [0.25, 0.3) is 0 Å². The molecule has 0 radical (unpaired) electrons. The summed E-state index contributed by atoms with van der Waals surface area (Å²) in [6.45, 7) is 5.95. The van der Waals surface area contributed by atoms with Crippen LogP contribution in [0.2, 0.25) is 10.0 Å². The summed E-state index contributed by atoms with van der Waals surface area (Å²) in [5, 5.41) is 1.48. The lowest BCUT2D eigenvalue weighted by Crippen LogP contribution is -2.37. The monoisotopic (exact) mass is 504 g/mol. The number of hydrogen-bond donors (Lipinski definition) is 0. The zero-order chi connectivity index (χ0) is 24.5. The molecule has 3 heterocycles. The first-order valence-corrected chi connectivity index (χ1v) is 11.8. The number of rotatable bonds is 7. The maximum Gasteiger partial charge on any atom is 0.308 e. The van der Waals surface area contributed by atoms with Crippen molar-refractivity contribution in [2.24, 2.45) is 0 Å². The van der Waals surface area contributed by atoms with Crippen molar-refractivity contribution >= 4 is 51.8 Å². The van der Waals surface area contributed by atoms with Gasteiger partial charge in [0.2, 0.25) is 5.91 Å². The number of ether oxygens (including phenoxy) is 2. The largest absolute Gasteiger partial charge is 0.460 e. The molecule has 0 N–H and O–H groups in total. The number of halogens is 2. The van der Waals surface area contributed by atoms with Crippen molar-refractivity contribution in [1.29, 1.82) is 0 Å². The van der Waals surface area contributed by atoms with Gasteiger partial charge in [-0.05, 0) is 39.3 Å². The van der Waals surface area contributed by atoms with Gasteiger partial charge in [-0.25, -0.2) is 9.97 Å². The summed E-state index contributed by atoms with van der Waals surface area (Å²) >= 11 is 12.8. The average molecular weight is 505 g/mol. The number of anilines is 1. The van der Waals surface area contributed by atoms with Crippen LogP contribution in [-0.2, 0) is 19.1 Å². The number of benzene rings is 1. The molecule has 34 heavy (non-hydrogen) atoms. The number of amides is 1. The molecule has 1 aromatic carbocycles. The molecule has 1 aliphatic heterocycles. The van der Waals surface area contributed by atoms with Crippen LogP contribution in [0.4, 0.5) is 5.82 Å². The van der Waals surface area contributed by atoms with Gasteiger partial charge in [-0.1, -0.05) is 23.2 Å². The predicted molar refractivity (Wildman–Crippen MR) is 131 cm³/mol. The van der Waals surface area contributed by atoms with Gasteiger partial charge in [-0.2, -0.15) is 0 Å². The Morgan fingerprint density at radius 3 is 2.76 bits per heavy atom. The van der Waals surface area contributed by atoms with Crippen LogP contribution in [0.15, 0.2) is 36.9 Å². The Bertz CT molecular complexity index is 1210. The fourth-order valence-electron chi connectivity index (χ4n) is 3.92. The molecule has 0 spiro atoms. The van der Waals surface area contributed by atoms with E-state index in [-0.39, 0.29) is 37.6 Å².